The Balaban J connectivity index is 2.76. The summed E-state index contributed by atoms with van der Waals surface area (Å²) in [6.07, 6.45) is 1.89. The van der Waals surface area contributed by atoms with Crippen molar-refractivity contribution < 1.29 is 0 Å². The fourth-order valence-electron chi connectivity index (χ4n) is 0.852. The number of nitrogens with two attached hydrogens (primary N) is 2. The number of rotatable bonds is 2. The van der Waals surface area contributed by atoms with E-state index in [1.54, 1.807) is 18.3 Å². The zero-order chi connectivity index (χ0) is 8.97. The molecular formula is C8H10N4. The molecule has 0 unspecified atom stereocenters. The van der Waals surface area contributed by atoms with E-state index in [2.05, 4.69) is 4.98 Å². The Kier molecular flexibility index (Phi) is 2.62. The van der Waals surface area contributed by atoms with Crippen LogP contribution in [0.4, 0.5) is 5.82 Å². The molecule has 0 radical (unpaired) electrons. The van der Waals surface area contributed by atoms with Gasteiger partial charge < -0.3 is 11.5 Å². The van der Waals surface area contributed by atoms with E-state index in [-0.39, 0.29) is 6.04 Å². The topological polar surface area (TPSA) is 88.7 Å². The van der Waals surface area contributed by atoms with E-state index in [1.165, 1.54) is 0 Å². The van der Waals surface area contributed by atoms with Crippen LogP contribution in [0.2, 0.25) is 0 Å². The molecule has 62 valence electrons. The van der Waals surface area contributed by atoms with Gasteiger partial charge in [0.15, 0.2) is 0 Å². The molecular weight excluding hydrogens is 152 g/mol. The highest BCUT2D eigenvalue weighted by Gasteiger charge is 2.04. The Hall–Kier alpha value is -1.60. The normalized spacial score (nSPS) is 12.0. The van der Waals surface area contributed by atoms with Gasteiger partial charge in [-0.2, -0.15) is 5.26 Å². The summed E-state index contributed by atoms with van der Waals surface area (Å²) in [6.45, 7) is 0. The van der Waals surface area contributed by atoms with Crippen molar-refractivity contribution in [1.29, 1.82) is 5.26 Å². The molecule has 1 heterocycles. The molecule has 0 aliphatic heterocycles. The van der Waals surface area contributed by atoms with Gasteiger partial charge in [0.05, 0.1) is 12.5 Å². The van der Waals surface area contributed by atoms with Gasteiger partial charge in [0.25, 0.3) is 0 Å². The first-order chi connectivity index (χ1) is 5.74. The number of anilines is 1. The number of hydrogen-bond acceptors (Lipinski definition) is 4. The van der Waals surface area contributed by atoms with E-state index < -0.39 is 0 Å². The molecule has 4 N–H and O–H groups in total. The fourth-order valence-corrected chi connectivity index (χ4v) is 0.852. The maximum absolute atomic E-state index is 8.38. The molecule has 0 bridgehead atoms. The van der Waals surface area contributed by atoms with Crippen LogP contribution < -0.4 is 11.5 Å². The van der Waals surface area contributed by atoms with Gasteiger partial charge in [-0.3, -0.25) is 0 Å². The molecule has 0 saturated carbocycles. The van der Waals surface area contributed by atoms with Crippen LogP contribution in [-0.2, 0) is 0 Å². The Labute approximate surface area is 70.8 Å². The Morgan fingerprint density at radius 2 is 2.33 bits per heavy atom. The lowest BCUT2D eigenvalue weighted by Gasteiger charge is -2.06. The summed E-state index contributed by atoms with van der Waals surface area (Å²) >= 11 is 0. The maximum atomic E-state index is 8.38. The zero-order valence-electron chi connectivity index (χ0n) is 6.57. The minimum atomic E-state index is -0.261. The quantitative estimate of drug-likeness (QED) is 0.665. The van der Waals surface area contributed by atoms with Gasteiger partial charge in [0.1, 0.15) is 5.82 Å². The molecule has 0 aliphatic rings. The van der Waals surface area contributed by atoms with Gasteiger partial charge in [0.2, 0.25) is 0 Å². The average Bonchev–Trinajstić information content (AvgIpc) is 2.06. The van der Waals surface area contributed by atoms with E-state index in [4.69, 9.17) is 16.7 Å². The van der Waals surface area contributed by atoms with Crippen LogP contribution in [0.5, 0.6) is 0 Å². The first kappa shape index (κ1) is 8.50. The maximum Gasteiger partial charge on any atom is 0.123 e. The molecule has 0 aromatic carbocycles. The van der Waals surface area contributed by atoms with Crippen LogP contribution in [0.15, 0.2) is 18.3 Å². The van der Waals surface area contributed by atoms with E-state index in [9.17, 15) is 0 Å². The minimum Gasteiger partial charge on any atom is -0.384 e. The molecule has 0 aliphatic carbocycles. The first-order valence-corrected chi connectivity index (χ1v) is 3.58. The van der Waals surface area contributed by atoms with Crippen LogP contribution >= 0.6 is 0 Å². The summed E-state index contributed by atoms with van der Waals surface area (Å²) < 4.78 is 0. The highest BCUT2D eigenvalue weighted by atomic mass is 14.8. The number of aromatic nitrogens is 1. The molecule has 1 atom stereocenters. The molecule has 0 amide bonds. The van der Waals surface area contributed by atoms with Gasteiger partial charge in [-0.1, -0.05) is 6.07 Å². The first-order valence-electron chi connectivity index (χ1n) is 3.58. The van der Waals surface area contributed by atoms with E-state index in [0.29, 0.717) is 12.2 Å². The molecule has 0 spiro atoms. The lowest BCUT2D eigenvalue weighted by Crippen LogP contribution is -2.09. The zero-order valence-corrected chi connectivity index (χ0v) is 6.57. The van der Waals surface area contributed by atoms with Gasteiger partial charge in [-0.15, -0.1) is 0 Å². The summed E-state index contributed by atoms with van der Waals surface area (Å²) in [5, 5.41) is 8.38. The number of nitrogens with zero attached hydrogens (tertiary/aromatic N) is 2. The predicted octanol–water partition coefficient (Wildman–Crippen LogP) is 0.577. The molecule has 1 aromatic heterocycles. The predicted molar refractivity (Wildman–Crippen MR) is 45.8 cm³/mol. The van der Waals surface area contributed by atoms with Crippen LogP contribution in [0.1, 0.15) is 18.0 Å². The molecule has 4 nitrogen and oxygen atoms in total. The molecule has 12 heavy (non-hydrogen) atoms. The second-order valence-electron chi connectivity index (χ2n) is 2.49. The lowest BCUT2D eigenvalue weighted by atomic mass is 10.1. The summed E-state index contributed by atoms with van der Waals surface area (Å²) in [7, 11) is 0. The summed E-state index contributed by atoms with van der Waals surface area (Å²) in [5.74, 6) is 0.461. The van der Waals surface area contributed by atoms with Crippen LogP contribution in [0.3, 0.4) is 0 Å². The monoisotopic (exact) mass is 162 g/mol. The second-order valence-corrected chi connectivity index (χ2v) is 2.49. The van der Waals surface area contributed by atoms with Crippen molar-refractivity contribution >= 4 is 5.82 Å². The number of nitriles is 1. The highest BCUT2D eigenvalue weighted by molar-refractivity contribution is 5.30. The van der Waals surface area contributed by atoms with Crippen LogP contribution in [-0.4, -0.2) is 4.98 Å². The van der Waals surface area contributed by atoms with Crippen LogP contribution in [0.25, 0.3) is 0 Å². The highest BCUT2D eigenvalue weighted by Crippen LogP contribution is 2.12. The van der Waals surface area contributed by atoms with Crippen molar-refractivity contribution in [3.8, 4) is 6.07 Å². The van der Waals surface area contributed by atoms with Crippen molar-refractivity contribution in [2.24, 2.45) is 5.73 Å². The van der Waals surface area contributed by atoms with E-state index in [0.717, 1.165) is 5.56 Å². The Bertz CT molecular complexity index is 285. The summed E-state index contributed by atoms with van der Waals surface area (Å²) in [6, 6.07) is 5.19. The minimum absolute atomic E-state index is 0.261. The molecule has 1 rings (SSSR count). The molecule has 0 saturated heterocycles. The summed E-state index contributed by atoms with van der Waals surface area (Å²) in [5.41, 5.74) is 11.9. The van der Waals surface area contributed by atoms with Crippen molar-refractivity contribution in [2.45, 2.75) is 12.5 Å². The van der Waals surface area contributed by atoms with Gasteiger partial charge in [-0.05, 0) is 11.6 Å². The smallest absolute Gasteiger partial charge is 0.123 e. The molecule has 1 aromatic rings. The van der Waals surface area contributed by atoms with Crippen LogP contribution in [0, 0.1) is 11.3 Å². The fraction of sp³-hybridized carbons (Fsp3) is 0.250. The van der Waals surface area contributed by atoms with Gasteiger partial charge >= 0.3 is 0 Å². The molecule has 0 fully saturated rings. The van der Waals surface area contributed by atoms with Gasteiger partial charge in [-0.25, -0.2) is 4.98 Å². The third kappa shape index (κ3) is 1.94. The Morgan fingerprint density at radius 3 is 2.83 bits per heavy atom. The molecule has 4 heteroatoms. The summed E-state index contributed by atoms with van der Waals surface area (Å²) in [4.78, 5) is 3.87. The largest absolute Gasteiger partial charge is 0.384 e. The van der Waals surface area contributed by atoms with E-state index >= 15 is 0 Å². The van der Waals surface area contributed by atoms with Crippen molar-refractivity contribution in [3.63, 3.8) is 0 Å². The standard InChI is InChI=1S/C8H10N4/c9-4-3-7(10)6-1-2-8(11)12-5-6/h1-2,5,7H,3,10H2,(H2,11,12)/t7-/m1/s1. The second kappa shape index (κ2) is 3.69. The lowest BCUT2D eigenvalue weighted by molar-refractivity contribution is 0.744. The SMILES string of the molecule is N#CC[C@@H](N)c1ccc(N)nc1. The van der Waals surface area contributed by atoms with Crippen molar-refractivity contribution in [1.82, 2.24) is 4.98 Å². The number of pyridine rings is 1. The average molecular weight is 162 g/mol. The number of nitrogen functional groups attached to an aromatic ring is 1. The van der Waals surface area contributed by atoms with Crippen molar-refractivity contribution in [2.75, 3.05) is 5.73 Å². The Morgan fingerprint density at radius 1 is 1.58 bits per heavy atom. The van der Waals surface area contributed by atoms with Crippen molar-refractivity contribution in [3.05, 3.63) is 23.9 Å². The third-order valence-electron chi connectivity index (χ3n) is 1.55. The third-order valence-corrected chi connectivity index (χ3v) is 1.55. The van der Waals surface area contributed by atoms with Gasteiger partial charge in [0, 0.05) is 12.2 Å². The number of hydrogen-bond donors (Lipinski definition) is 2. The van der Waals surface area contributed by atoms with E-state index in [1.807, 2.05) is 6.07 Å².